The van der Waals surface area contributed by atoms with Crippen LogP contribution in [0.5, 0.6) is 0 Å². The van der Waals surface area contributed by atoms with Gasteiger partial charge in [-0.15, -0.1) is 0 Å². The van der Waals surface area contributed by atoms with Crippen molar-refractivity contribution in [2.45, 2.75) is 32.1 Å². The van der Waals surface area contributed by atoms with Crippen LogP contribution >= 0.6 is 0 Å². The lowest BCUT2D eigenvalue weighted by molar-refractivity contribution is -0.138. The van der Waals surface area contributed by atoms with Gasteiger partial charge in [-0.2, -0.15) is 0 Å². The molecule has 102 valence electrons. The third-order valence-corrected chi connectivity index (χ3v) is 3.88. The Morgan fingerprint density at radius 1 is 1.11 bits per heavy atom. The number of hydrogen-bond donors (Lipinski definition) is 1. The van der Waals surface area contributed by atoms with E-state index in [0.29, 0.717) is 6.54 Å². The number of carbonyl (C=O) groups excluding carboxylic acids is 1. The average Bonchev–Trinajstić information content (AvgIpc) is 2.81. The standard InChI is InChI=1S/C13H22N2O3/c16-12(15-6-1-2-7-15)10-14-5-3-4-11(9-14)8-13(17)18/h11H,1-10H2,(H,17,18). The molecule has 5 heteroatoms. The number of nitrogens with zero attached hydrogens (tertiary/aromatic N) is 2. The van der Waals surface area contributed by atoms with Crippen LogP contribution in [0.1, 0.15) is 32.1 Å². The smallest absolute Gasteiger partial charge is 0.303 e. The Kier molecular flexibility index (Phi) is 4.58. The molecule has 1 N–H and O–H groups in total. The monoisotopic (exact) mass is 254 g/mol. The predicted octanol–water partition coefficient (Wildman–Crippen LogP) is 0.795. The van der Waals surface area contributed by atoms with E-state index in [-0.39, 0.29) is 18.2 Å². The van der Waals surface area contributed by atoms with Gasteiger partial charge in [-0.3, -0.25) is 14.5 Å². The van der Waals surface area contributed by atoms with E-state index in [1.165, 1.54) is 0 Å². The fraction of sp³-hybridized carbons (Fsp3) is 0.846. The highest BCUT2D eigenvalue weighted by Gasteiger charge is 2.25. The van der Waals surface area contributed by atoms with E-state index in [2.05, 4.69) is 4.90 Å². The van der Waals surface area contributed by atoms with E-state index in [4.69, 9.17) is 5.11 Å². The lowest BCUT2D eigenvalue weighted by Crippen LogP contribution is -2.43. The van der Waals surface area contributed by atoms with Crippen LogP contribution in [-0.4, -0.2) is 59.5 Å². The quantitative estimate of drug-likeness (QED) is 0.806. The molecule has 2 rings (SSSR count). The van der Waals surface area contributed by atoms with Crippen molar-refractivity contribution in [3.05, 3.63) is 0 Å². The number of likely N-dealkylation sites (tertiary alicyclic amines) is 2. The number of carboxylic acid groups (broad SMARTS) is 1. The van der Waals surface area contributed by atoms with Gasteiger partial charge < -0.3 is 10.0 Å². The van der Waals surface area contributed by atoms with Gasteiger partial charge in [-0.1, -0.05) is 0 Å². The summed E-state index contributed by atoms with van der Waals surface area (Å²) in [6, 6.07) is 0. The third kappa shape index (κ3) is 3.70. The van der Waals surface area contributed by atoms with Crippen molar-refractivity contribution in [1.29, 1.82) is 0 Å². The van der Waals surface area contributed by atoms with E-state index in [1.54, 1.807) is 0 Å². The highest BCUT2D eigenvalue weighted by molar-refractivity contribution is 5.78. The maximum absolute atomic E-state index is 12.0. The van der Waals surface area contributed by atoms with E-state index in [9.17, 15) is 9.59 Å². The Hall–Kier alpha value is -1.10. The van der Waals surface area contributed by atoms with Crippen molar-refractivity contribution in [1.82, 2.24) is 9.80 Å². The summed E-state index contributed by atoms with van der Waals surface area (Å²) in [5.41, 5.74) is 0. The maximum Gasteiger partial charge on any atom is 0.303 e. The zero-order valence-corrected chi connectivity index (χ0v) is 10.8. The molecule has 0 saturated carbocycles. The highest BCUT2D eigenvalue weighted by Crippen LogP contribution is 2.19. The SMILES string of the molecule is O=C(O)CC1CCCN(CC(=O)N2CCCC2)C1. The maximum atomic E-state index is 12.0. The first-order valence-electron chi connectivity index (χ1n) is 6.87. The minimum atomic E-state index is -0.729. The lowest BCUT2D eigenvalue weighted by atomic mass is 9.95. The van der Waals surface area contributed by atoms with Gasteiger partial charge in [0.05, 0.1) is 6.54 Å². The minimum absolute atomic E-state index is 0.211. The van der Waals surface area contributed by atoms with E-state index < -0.39 is 5.97 Å². The second-order valence-corrected chi connectivity index (χ2v) is 5.43. The molecule has 2 fully saturated rings. The van der Waals surface area contributed by atoms with Crippen molar-refractivity contribution >= 4 is 11.9 Å². The fourth-order valence-corrected chi connectivity index (χ4v) is 2.97. The molecule has 0 aromatic rings. The van der Waals surface area contributed by atoms with Crippen LogP contribution < -0.4 is 0 Å². The normalized spacial score (nSPS) is 25.3. The molecule has 18 heavy (non-hydrogen) atoms. The van der Waals surface area contributed by atoms with Crippen LogP contribution in [0.2, 0.25) is 0 Å². The van der Waals surface area contributed by atoms with Gasteiger partial charge in [0, 0.05) is 26.1 Å². The molecule has 2 saturated heterocycles. The Morgan fingerprint density at radius 2 is 1.83 bits per heavy atom. The van der Waals surface area contributed by atoms with Crippen molar-refractivity contribution in [3.8, 4) is 0 Å². The molecule has 0 radical (unpaired) electrons. The zero-order chi connectivity index (χ0) is 13.0. The third-order valence-electron chi connectivity index (χ3n) is 3.88. The van der Waals surface area contributed by atoms with Gasteiger partial charge >= 0.3 is 5.97 Å². The summed E-state index contributed by atoms with van der Waals surface area (Å²) in [6.07, 6.45) is 4.45. The second kappa shape index (κ2) is 6.18. The molecule has 0 aromatic carbocycles. The van der Waals surface area contributed by atoms with Crippen LogP contribution in [0.25, 0.3) is 0 Å². The average molecular weight is 254 g/mol. The molecule has 2 aliphatic rings. The van der Waals surface area contributed by atoms with Crippen LogP contribution in [-0.2, 0) is 9.59 Å². The molecule has 0 bridgehead atoms. The number of carbonyl (C=O) groups is 2. The van der Waals surface area contributed by atoms with Gasteiger partial charge in [-0.05, 0) is 38.1 Å². The van der Waals surface area contributed by atoms with Crippen LogP contribution in [0, 0.1) is 5.92 Å². The summed E-state index contributed by atoms with van der Waals surface area (Å²) in [5.74, 6) is -0.307. The molecule has 5 nitrogen and oxygen atoms in total. The van der Waals surface area contributed by atoms with E-state index >= 15 is 0 Å². The Labute approximate surface area is 108 Å². The number of rotatable bonds is 4. The summed E-state index contributed by atoms with van der Waals surface area (Å²) >= 11 is 0. The first-order valence-corrected chi connectivity index (χ1v) is 6.87. The van der Waals surface area contributed by atoms with E-state index in [1.807, 2.05) is 4.90 Å². The first kappa shape index (κ1) is 13.3. The molecule has 1 atom stereocenters. The van der Waals surface area contributed by atoms with Crippen molar-refractivity contribution in [2.75, 3.05) is 32.7 Å². The number of amides is 1. The molecule has 0 spiro atoms. The fourth-order valence-electron chi connectivity index (χ4n) is 2.97. The minimum Gasteiger partial charge on any atom is -0.481 e. The number of aliphatic carboxylic acids is 1. The topological polar surface area (TPSA) is 60.9 Å². The highest BCUT2D eigenvalue weighted by atomic mass is 16.4. The molecule has 1 unspecified atom stereocenters. The molecular formula is C13H22N2O3. The number of hydrogen-bond acceptors (Lipinski definition) is 3. The van der Waals surface area contributed by atoms with Crippen molar-refractivity contribution in [2.24, 2.45) is 5.92 Å². The number of carboxylic acids is 1. The van der Waals surface area contributed by atoms with Crippen molar-refractivity contribution in [3.63, 3.8) is 0 Å². The first-order chi connectivity index (χ1) is 8.65. The second-order valence-electron chi connectivity index (χ2n) is 5.43. The summed E-state index contributed by atoms with van der Waals surface area (Å²) in [4.78, 5) is 26.8. The summed E-state index contributed by atoms with van der Waals surface area (Å²) in [7, 11) is 0. The Bertz CT molecular complexity index is 313. The summed E-state index contributed by atoms with van der Waals surface area (Å²) in [5, 5.41) is 8.81. The molecular weight excluding hydrogens is 232 g/mol. The van der Waals surface area contributed by atoms with Crippen molar-refractivity contribution < 1.29 is 14.7 Å². The lowest BCUT2D eigenvalue weighted by Gasteiger charge is -2.32. The van der Waals surface area contributed by atoms with Crippen LogP contribution in [0.3, 0.4) is 0 Å². The van der Waals surface area contributed by atoms with Gasteiger partial charge in [0.2, 0.25) is 5.91 Å². The summed E-state index contributed by atoms with van der Waals surface area (Å²) < 4.78 is 0. The van der Waals surface area contributed by atoms with Gasteiger partial charge in [0.1, 0.15) is 0 Å². The number of piperidine rings is 1. The van der Waals surface area contributed by atoms with Gasteiger partial charge in [0.25, 0.3) is 0 Å². The molecule has 0 aliphatic carbocycles. The zero-order valence-electron chi connectivity index (χ0n) is 10.8. The van der Waals surface area contributed by atoms with Crippen LogP contribution in [0.4, 0.5) is 0 Å². The molecule has 2 aliphatic heterocycles. The predicted molar refractivity (Wildman–Crippen MR) is 67.2 cm³/mol. The Morgan fingerprint density at radius 3 is 2.50 bits per heavy atom. The largest absolute Gasteiger partial charge is 0.481 e. The molecule has 2 heterocycles. The van der Waals surface area contributed by atoms with Gasteiger partial charge in [0.15, 0.2) is 0 Å². The summed E-state index contributed by atoms with van der Waals surface area (Å²) in [6.45, 7) is 3.94. The van der Waals surface area contributed by atoms with E-state index in [0.717, 1.165) is 51.9 Å². The van der Waals surface area contributed by atoms with Crippen LogP contribution in [0.15, 0.2) is 0 Å². The van der Waals surface area contributed by atoms with Gasteiger partial charge in [-0.25, -0.2) is 0 Å². The molecule has 0 aromatic heterocycles. The molecule has 1 amide bonds. The Balaban J connectivity index is 1.78.